The molecule has 0 saturated carbocycles. The van der Waals surface area contributed by atoms with Crippen LogP contribution < -0.4 is 20.1 Å². The van der Waals surface area contributed by atoms with Crippen molar-refractivity contribution in [1.82, 2.24) is 20.3 Å². The molecule has 25 heavy (non-hydrogen) atoms. The number of aryl methyl sites for hydroxylation is 1. The molecule has 2 rings (SSSR count). The van der Waals surface area contributed by atoms with Crippen molar-refractivity contribution in [1.29, 1.82) is 0 Å². The molecule has 1 atom stereocenters. The number of aliphatic hydroxyl groups excluding tert-OH is 1. The first-order valence-electron chi connectivity index (χ1n) is 7.66. The molecule has 0 bridgehead atoms. The highest BCUT2D eigenvalue weighted by molar-refractivity contribution is 5.88. The fraction of sp³-hybridized carbons (Fsp3) is 0.438. The second-order valence-electron chi connectivity index (χ2n) is 5.91. The van der Waals surface area contributed by atoms with Crippen molar-refractivity contribution in [2.24, 2.45) is 7.05 Å². The van der Waals surface area contributed by atoms with Crippen LogP contribution in [0, 0.1) is 0 Å². The lowest BCUT2D eigenvalue weighted by atomic mass is 9.93. The van der Waals surface area contributed by atoms with E-state index in [1.807, 2.05) is 12.1 Å². The highest BCUT2D eigenvalue weighted by Crippen LogP contribution is 2.29. The lowest BCUT2D eigenvalue weighted by Gasteiger charge is -2.29. The largest absolute Gasteiger partial charge is 0.493 e. The lowest BCUT2D eigenvalue weighted by molar-refractivity contribution is 0.175. The van der Waals surface area contributed by atoms with Gasteiger partial charge in [-0.1, -0.05) is 11.3 Å². The minimum Gasteiger partial charge on any atom is -0.493 e. The zero-order chi connectivity index (χ0) is 18.4. The van der Waals surface area contributed by atoms with E-state index in [1.54, 1.807) is 34.3 Å². The van der Waals surface area contributed by atoms with Crippen LogP contribution in [0.3, 0.4) is 0 Å². The number of aromatic nitrogens is 3. The number of urea groups is 1. The Balaban J connectivity index is 2.09. The number of ether oxygens (including phenoxy) is 2. The number of amides is 2. The summed E-state index contributed by atoms with van der Waals surface area (Å²) in [6.45, 7) is 1.52. The van der Waals surface area contributed by atoms with E-state index in [-0.39, 0.29) is 6.61 Å². The fourth-order valence-electron chi connectivity index (χ4n) is 2.41. The minimum atomic E-state index is -0.865. The fourth-order valence-corrected chi connectivity index (χ4v) is 2.41. The molecule has 136 valence electrons. The van der Waals surface area contributed by atoms with Gasteiger partial charge in [0.2, 0.25) is 0 Å². The normalized spacial score (nSPS) is 13.0. The number of anilines is 1. The van der Waals surface area contributed by atoms with Gasteiger partial charge in [0.05, 0.1) is 32.6 Å². The number of benzene rings is 1. The number of hydrogen-bond donors (Lipinski definition) is 3. The molecule has 0 radical (unpaired) electrons. The molecule has 0 aliphatic rings. The van der Waals surface area contributed by atoms with Gasteiger partial charge in [-0.3, -0.25) is 5.32 Å². The van der Waals surface area contributed by atoms with Gasteiger partial charge in [0.25, 0.3) is 0 Å². The maximum Gasteiger partial charge on any atom is 0.320 e. The van der Waals surface area contributed by atoms with Crippen molar-refractivity contribution in [3.05, 3.63) is 30.0 Å². The predicted octanol–water partition coefficient (Wildman–Crippen LogP) is 0.947. The van der Waals surface area contributed by atoms with Crippen molar-refractivity contribution >= 4 is 11.8 Å². The van der Waals surface area contributed by atoms with Crippen molar-refractivity contribution < 1.29 is 19.4 Å². The molecule has 0 aliphatic carbocycles. The molecule has 0 saturated heterocycles. The maximum atomic E-state index is 12.2. The first-order chi connectivity index (χ1) is 11.9. The third kappa shape index (κ3) is 4.60. The standard InChI is InChI=1S/C16H23N5O4/c1-16(10-22,19-15(23)18-14-9-17-20-21(14)2)8-11-5-6-12(24-3)13(7-11)25-4/h5-7,9,22H,8,10H2,1-4H3,(H2,18,19,23). The third-order valence-corrected chi connectivity index (χ3v) is 3.76. The Morgan fingerprint density at radius 2 is 2.04 bits per heavy atom. The van der Waals surface area contributed by atoms with Crippen molar-refractivity contribution in [3.63, 3.8) is 0 Å². The summed E-state index contributed by atoms with van der Waals surface area (Å²) >= 11 is 0. The highest BCUT2D eigenvalue weighted by Gasteiger charge is 2.27. The van der Waals surface area contributed by atoms with Gasteiger partial charge >= 0.3 is 6.03 Å². The molecule has 3 N–H and O–H groups in total. The van der Waals surface area contributed by atoms with Crippen LogP contribution in [0.25, 0.3) is 0 Å². The number of hydrogen-bond acceptors (Lipinski definition) is 6. The zero-order valence-electron chi connectivity index (χ0n) is 14.7. The van der Waals surface area contributed by atoms with Gasteiger partial charge in [-0.25, -0.2) is 9.48 Å². The molecule has 0 spiro atoms. The van der Waals surface area contributed by atoms with E-state index in [2.05, 4.69) is 20.9 Å². The number of carbonyl (C=O) groups excluding carboxylic acids is 1. The Labute approximate surface area is 145 Å². The number of methoxy groups -OCH3 is 2. The third-order valence-electron chi connectivity index (χ3n) is 3.76. The molecule has 9 nitrogen and oxygen atoms in total. The molecular weight excluding hydrogens is 326 g/mol. The SMILES string of the molecule is COc1ccc(CC(C)(CO)NC(=O)Nc2cnnn2C)cc1OC. The van der Waals surface area contributed by atoms with Crippen LogP contribution in [0.1, 0.15) is 12.5 Å². The molecule has 0 fully saturated rings. The van der Waals surface area contributed by atoms with Gasteiger partial charge < -0.3 is 19.9 Å². The topological polar surface area (TPSA) is 111 Å². The van der Waals surface area contributed by atoms with Crippen LogP contribution >= 0.6 is 0 Å². The Hall–Kier alpha value is -2.81. The van der Waals surface area contributed by atoms with E-state index >= 15 is 0 Å². The molecule has 0 aliphatic heterocycles. The Morgan fingerprint density at radius 1 is 1.32 bits per heavy atom. The van der Waals surface area contributed by atoms with E-state index in [4.69, 9.17) is 9.47 Å². The average Bonchev–Trinajstić information content (AvgIpc) is 2.99. The number of aliphatic hydroxyl groups is 1. The summed E-state index contributed by atoms with van der Waals surface area (Å²) in [6, 6.07) is 5.01. The number of nitrogens with one attached hydrogen (secondary N) is 2. The maximum absolute atomic E-state index is 12.2. The van der Waals surface area contributed by atoms with Crippen LogP contribution in [0.2, 0.25) is 0 Å². The summed E-state index contributed by atoms with van der Waals surface area (Å²) in [4.78, 5) is 12.2. The molecule has 1 aromatic carbocycles. The van der Waals surface area contributed by atoms with Crippen LogP contribution in [0.4, 0.5) is 10.6 Å². The summed E-state index contributed by atoms with van der Waals surface area (Å²) in [7, 11) is 4.78. The van der Waals surface area contributed by atoms with Crippen LogP contribution in [0.5, 0.6) is 11.5 Å². The Morgan fingerprint density at radius 3 is 2.60 bits per heavy atom. The highest BCUT2D eigenvalue weighted by atomic mass is 16.5. The van der Waals surface area contributed by atoms with E-state index in [9.17, 15) is 9.90 Å². The van der Waals surface area contributed by atoms with Gasteiger partial charge in [-0.15, -0.1) is 5.10 Å². The lowest BCUT2D eigenvalue weighted by Crippen LogP contribution is -2.52. The van der Waals surface area contributed by atoms with Gasteiger partial charge in [-0.2, -0.15) is 0 Å². The van der Waals surface area contributed by atoms with E-state index in [0.29, 0.717) is 23.7 Å². The van der Waals surface area contributed by atoms with Gasteiger partial charge in [0.15, 0.2) is 17.3 Å². The van der Waals surface area contributed by atoms with Crippen LogP contribution in [-0.2, 0) is 13.5 Å². The van der Waals surface area contributed by atoms with Crippen LogP contribution in [0.15, 0.2) is 24.4 Å². The van der Waals surface area contributed by atoms with Gasteiger partial charge in [0, 0.05) is 7.05 Å². The average molecular weight is 349 g/mol. The van der Waals surface area contributed by atoms with Crippen molar-refractivity contribution in [3.8, 4) is 11.5 Å². The molecule has 2 aromatic rings. The summed E-state index contributed by atoms with van der Waals surface area (Å²) in [5, 5.41) is 22.6. The zero-order valence-corrected chi connectivity index (χ0v) is 14.7. The summed E-state index contributed by atoms with van der Waals surface area (Å²) in [5.41, 5.74) is 0.0205. The van der Waals surface area contributed by atoms with Crippen molar-refractivity contribution in [2.45, 2.75) is 18.9 Å². The predicted molar refractivity (Wildman–Crippen MR) is 91.9 cm³/mol. The second-order valence-corrected chi connectivity index (χ2v) is 5.91. The second kappa shape index (κ2) is 7.84. The molecule has 2 amide bonds. The molecule has 1 aromatic heterocycles. The van der Waals surface area contributed by atoms with E-state index in [1.165, 1.54) is 10.9 Å². The van der Waals surface area contributed by atoms with Gasteiger partial charge in [-0.05, 0) is 31.0 Å². The Bertz CT molecular complexity index is 733. The van der Waals surface area contributed by atoms with E-state index < -0.39 is 11.6 Å². The molecule has 9 heteroatoms. The molecular formula is C16H23N5O4. The monoisotopic (exact) mass is 349 g/mol. The summed E-state index contributed by atoms with van der Waals surface area (Å²) in [5.74, 6) is 1.65. The summed E-state index contributed by atoms with van der Waals surface area (Å²) < 4.78 is 11.9. The first-order valence-corrected chi connectivity index (χ1v) is 7.66. The summed E-state index contributed by atoms with van der Waals surface area (Å²) in [6.07, 6.45) is 1.84. The Kier molecular flexibility index (Phi) is 5.81. The first kappa shape index (κ1) is 18.5. The molecule has 1 heterocycles. The number of rotatable bonds is 7. The smallest absolute Gasteiger partial charge is 0.320 e. The van der Waals surface area contributed by atoms with E-state index in [0.717, 1.165) is 5.56 Å². The van der Waals surface area contributed by atoms with Gasteiger partial charge in [0.1, 0.15) is 0 Å². The quantitative estimate of drug-likeness (QED) is 0.686. The molecule has 1 unspecified atom stereocenters. The number of carbonyl (C=O) groups is 1. The minimum absolute atomic E-state index is 0.238. The van der Waals surface area contributed by atoms with Crippen LogP contribution in [-0.4, -0.2) is 52.5 Å². The van der Waals surface area contributed by atoms with Crippen molar-refractivity contribution in [2.75, 3.05) is 26.1 Å². The number of nitrogens with zero attached hydrogens (tertiary/aromatic N) is 3.